The second kappa shape index (κ2) is 3.03. The van der Waals surface area contributed by atoms with Crippen molar-refractivity contribution in [2.75, 3.05) is 18.0 Å². The zero-order valence-corrected chi connectivity index (χ0v) is 7.95. The van der Waals surface area contributed by atoms with Crippen LogP contribution >= 0.6 is 0 Å². The lowest BCUT2D eigenvalue weighted by atomic mass is 9.91. The number of nitrogens with two attached hydrogens (primary N) is 1. The summed E-state index contributed by atoms with van der Waals surface area (Å²) in [6.07, 6.45) is 5.71. The molecule has 1 saturated heterocycles. The molecule has 1 aliphatic heterocycles. The molecule has 13 heavy (non-hydrogen) atoms. The van der Waals surface area contributed by atoms with Crippen LogP contribution in [0, 0.1) is 0 Å². The van der Waals surface area contributed by atoms with Gasteiger partial charge < -0.3 is 15.6 Å². The van der Waals surface area contributed by atoms with E-state index >= 15 is 0 Å². The van der Waals surface area contributed by atoms with Crippen LogP contribution < -0.4 is 10.6 Å². The molecule has 4 heteroatoms. The maximum Gasteiger partial charge on any atom is 0.202 e. The minimum atomic E-state index is 0.0170. The fourth-order valence-electron chi connectivity index (χ4n) is 1.66. The van der Waals surface area contributed by atoms with Crippen molar-refractivity contribution >= 4 is 5.95 Å². The predicted molar refractivity (Wildman–Crippen MR) is 52.6 cm³/mol. The minimum Gasteiger partial charge on any atom is -0.342 e. The Labute approximate surface area is 78.1 Å². The Morgan fingerprint density at radius 1 is 1.54 bits per heavy atom. The van der Waals surface area contributed by atoms with Crippen LogP contribution in [0.2, 0.25) is 0 Å². The van der Waals surface area contributed by atoms with Gasteiger partial charge in [-0.1, -0.05) is 0 Å². The smallest absolute Gasteiger partial charge is 0.202 e. The molecule has 0 aliphatic carbocycles. The highest BCUT2D eigenvalue weighted by Crippen LogP contribution is 2.21. The number of piperidine rings is 1. The number of aromatic nitrogens is 2. The normalized spacial score (nSPS) is 21.8. The summed E-state index contributed by atoms with van der Waals surface area (Å²) in [5.74, 6) is 0.968. The molecule has 0 amide bonds. The number of H-pyrrole nitrogens is 1. The fourth-order valence-corrected chi connectivity index (χ4v) is 1.66. The molecule has 2 rings (SSSR count). The number of rotatable bonds is 1. The van der Waals surface area contributed by atoms with Crippen molar-refractivity contribution in [3.8, 4) is 0 Å². The number of anilines is 1. The molecule has 0 unspecified atom stereocenters. The lowest BCUT2D eigenvalue weighted by molar-refractivity contribution is 0.362. The molecule has 1 fully saturated rings. The van der Waals surface area contributed by atoms with Crippen LogP contribution in [0.4, 0.5) is 5.95 Å². The van der Waals surface area contributed by atoms with Crippen LogP contribution in [0.1, 0.15) is 19.8 Å². The first-order valence-electron chi connectivity index (χ1n) is 4.71. The maximum atomic E-state index is 6.04. The Bertz CT molecular complexity index is 255. The van der Waals surface area contributed by atoms with E-state index in [0.717, 1.165) is 31.9 Å². The zero-order valence-electron chi connectivity index (χ0n) is 7.95. The van der Waals surface area contributed by atoms with Gasteiger partial charge in [-0.2, -0.15) is 0 Å². The summed E-state index contributed by atoms with van der Waals surface area (Å²) in [4.78, 5) is 9.57. The van der Waals surface area contributed by atoms with Crippen molar-refractivity contribution < 1.29 is 0 Å². The van der Waals surface area contributed by atoms with Crippen molar-refractivity contribution in [1.82, 2.24) is 9.97 Å². The molecule has 0 atom stereocenters. The van der Waals surface area contributed by atoms with Crippen LogP contribution in [0.15, 0.2) is 12.4 Å². The fraction of sp³-hybridized carbons (Fsp3) is 0.667. The summed E-state index contributed by atoms with van der Waals surface area (Å²) in [6, 6.07) is 0. The Balaban J connectivity index is 1.99. The van der Waals surface area contributed by atoms with E-state index in [2.05, 4.69) is 21.8 Å². The molecule has 0 saturated carbocycles. The van der Waals surface area contributed by atoms with Gasteiger partial charge >= 0.3 is 0 Å². The minimum absolute atomic E-state index is 0.0170. The Morgan fingerprint density at radius 3 is 2.77 bits per heavy atom. The Kier molecular flexibility index (Phi) is 2.00. The highest BCUT2D eigenvalue weighted by Gasteiger charge is 2.26. The van der Waals surface area contributed by atoms with Gasteiger partial charge in [0.15, 0.2) is 0 Å². The molecule has 3 N–H and O–H groups in total. The predicted octanol–water partition coefficient (Wildman–Crippen LogP) is 0.727. The molecular weight excluding hydrogens is 164 g/mol. The number of hydrogen-bond acceptors (Lipinski definition) is 3. The van der Waals surface area contributed by atoms with Gasteiger partial charge in [0.2, 0.25) is 5.95 Å². The standard InChI is InChI=1S/C9H16N4/c1-9(10)2-6-13(7-3-9)8-11-4-5-12-8/h4-5H,2-3,6-7,10H2,1H3,(H,11,12). The molecule has 1 aromatic rings. The van der Waals surface area contributed by atoms with Crippen molar-refractivity contribution in [2.24, 2.45) is 5.73 Å². The highest BCUT2D eigenvalue weighted by molar-refractivity contribution is 5.30. The van der Waals surface area contributed by atoms with Crippen molar-refractivity contribution in [3.63, 3.8) is 0 Å². The van der Waals surface area contributed by atoms with Gasteiger partial charge in [0.05, 0.1) is 0 Å². The van der Waals surface area contributed by atoms with Crippen molar-refractivity contribution in [1.29, 1.82) is 0 Å². The summed E-state index contributed by atoms with van der Waals surface area (Å²) in [7, 11) is 0. The van der Waals surface area contributed by atoms with Gasteiger partial charge in [-0.25, -0.2) is 4.98 Å². The second-order valence-electron chi connectivity index (χ2n) is 4.05. The molecule has 1 aliphatic rings. The first kappa shape index (κ1) is 8.56. The van der Waals surface area contributed by atoms with E-state index in [-0.39, 0.29) is 5.54 Å². The van der Waals surface area contributed by atoms with E-state index in [1.54, 1.807) is 6.20 Å². The zero-order chi connectivity index (χ0) is 9.31. The molecule has 0 bridgehead atoms. The topological polar surface area (TPSA) is 57.9 Å². The van der Waals surface area contributed by atoms with E-state index in [1.165, 1.54) is 0 Å². The number of aromatic amines is 1. The summed E-state index contributed by atoms with van der Waals surface area (Å²) in [6.45, 7) is 4.12. The van der Waals surface area contributed by atoms with Gasteiger partial charge in [-0.05, 0) is 19.8 Å². The van der Waals surface area contributed by atoms with E-state index in [4.69, 9.17) is 5.73 Å². The molecule has 0 aromatic carbocycles. The second-order valence-corrected chi connectivity index (χ2v) is 4.05. The number of imidazole rings is 1. The van der Waals surface area contributed by atoms with Crippen molar-refractivity contribution in [3.05, 3.63) is 12.4 Å². The monoisotopic (exact) mass is 180 g/mol. The largest absolute Gasteiger partial charge is 0.342 e. The highest BCUT2D eigenvalue weighted by atomic mass is 15.3. The molecule has 0 spiro atoms. The van der Waals surface area contributed by atoms with E-state index in [0.29, 0.717) is 0 Å². The van der Waals surface area contributed by atoms with Gasteiger partial charge in [0.1, 0.15) is 0 Å². The number of hydrogen-bond donors (Lipinski definition) is 2. The van der Waals surface area contributed by atoms with Gasteiger partial charge in [-0.3, -0.25) is 0 Å². The lowest BCUT2D eigenvalue weighted by Gasteiger charge is -2.36. The summed E-state index contributed by atoms with van der Waals surface area (Å²) in [5.41, 5.74) is 6.05. The molecule has 72 valence electrons. The summed E-state index contributed by atoms with van der Waals surface area (Å²) >= 11 is 0. The number of nitrogens with one attached hydrogen (secondary N) is 1. The molecule has 1 aromatic heterocycles. The Morgan fingerprint density at radius 2 is 2.23 bits per heavy atom. The van der Waals surface area contributed by atoms with Gasteiger partial charge in [0, 0.05) is 31.0 Å². The third-order valence-corrected chi connectivity index (χ3v) is 2.69. The maximum absolute atomic E-state index is 6.04. The van der Waals surface area contributed by atoms with Gasteiger partial charge in [-0.15, -0.1) is 0 Å². The first-order valence-corrected chi connectivity index (χ1v) is 4.71. The van der Waals surface area contributed by atoms with Crippen LogP contribution in [0.5, 0.6) is 0 Å². The molecule has 0 radical (unpaired) electrons. The summed E-state index contributed by atoms with van der Waals surface area (Å²) in [5, 5.41) is 0. The average molecular weight is 180 g/mol. The summed E-state index contributed by atoms with van der Waals surface area (Å²) < 4.78 is 0. The number of nitrogens with zero attached hydrogens (tertiary/aromatic N) is 2. The third kappa shape index (κ3) is 1.83. The Hall–Kier alpha value is -1.03. The third-order valence-electron chi connectivity index (χ3n) is 2.69. The lowest BCUT2D eigenvalue weighted by Crippen LogP contribution is -2.48. The molecular formula is C9H16N4. The van der Waals surface area contributed by atoms with E-state index in [1.807, 2.05) is 6.20 Å². The molecule has 2 heterocycles. The van der Waals surface area contributed by atoms with E-state index < -0.39 is 0 Å². The van der Waals surface area contributed by atoms with Crippen LogP contribution in [-0.4, -0.2) is 28.6 Å². The van der Waals surface area contributed by atoms with E-state index in [9.17, 15) is 0 Å². The quantitative estimate of drug-likeness (QED) is 0.669. The van der Waals surface area contributed by atoms with Crippen LogP contribution in [0.25, 0.3) is 0 Å². The van der Waals surface area contributed by atoms with Crippen LogP contribution in [-0.2, 0) is 0 Å². The SMILES string of the molecule is CC1(N)CCN(c2ncc[nH]2)CC1. The first-order chi connectivity index (χ1) is 6.17. The van der Waals surface area contributed by atoms with Crippen LogP contribution in [0.3, 0.4) is 0 Å². The van der Waals surface area contributed by atoms with Crippen molar-refractivity contribution in [2.45, 2.75) is 25.3 Å². The average Bonchev–Trinajstić information content (AvgIpc) is 2.56. The molecule has 4 nitrogen and oxygen atoms in total. The van der Waals surface area contributed by atoms with Gasteiger partial charge in [0.25, 0.3) is 0 Å².